The Morgan fingerprint density at radius 2 is 1.93 bits per heavy atom. The van der Waals surface area contributed by atoms with Gasteiger partial charge in [0.25, 0.3) is 0 Å². The summed E-state index contributed by atoms with van der Waals surface area (Å²) in [4.78, 5) is 4.03. The van der Waals surface area contributed by atoms with Crippen LogP contribution in [0.1, 0.15) is 0 Å². The lowest BCUT2D eigenvalue weighted by molar-refractivity contribution is 1.33. The first kappa shape index (κ1) is 9.50. The van der Waals surface area contributed by atoms with Crippen molar-refractivity contribution >= 4 is 23.2 Å². The van der Waals surface area contributed by atoms with Crippen molar-refractivity contribution in [1.29, 1.82) is 0 Å². The minimum Gasteiger partial charge on any atom is -0.264 e. The maximum atomic E-state index is 6.05. The van der Waals surface area contributed by atoms with E-state index >= 15 is 0 Å². The highest BCUT2D eigenvalue weighted by atomic mass is 35.5. The van der Waals surface area contributed by atoms with Crippen LogP contribution < -0.4 is 0 Å². The van der Waals surface area contributed by atoms with E-state index in [-0.39, 0.29) is 0 Å². The third-order valence-corrected chi connectivity index (χ3v) is 2.45. The normalized spacial score (nSPS) is 10.1. The molecule has 0 saturated carbocycles. The smallest absolute Gasteiger partial charge is 0.0499 e. The number of nitrogens with zero attached hydrogens (tertiary/aromatic N) is 1. The number of hydrogen-bond donors (Lipinski definition) is 0. The molecule has 14 heavy (non-hydrogen) atoms. The van der Waals surface area contributed by atoms with Crippen molar-refractivity contribution in [2.24, 2.45) is 0 Å². The molecule has 0 aliphatic carbocycles. The molecule has 0 fully saturated rings. The average molecular weight is 224 g/mol. The van der Waals surface area contributed by atoms with Crippen LogP contribution in [0.15, 0.2) is 42.7 Å². The predicted octanol–water partition coefficient (Wildman–Crippen LogP) is 4.06. The molecule has 70 valence electrons. The zero-order valence-corrected chi connectivity index (χ0v) is 8.76. The molecule has 1 aromatic heterocycles. The second-order valence-corrected chi connectivity index (χ2v) is 3.71. The van der Waals surface area contributed by atoms with Crippen LogP contribution in [0.25, 0.3) is 11.1 Å². The van der Waals surface area contributed by atoms with Gasteiger partial charge in [-0.2, -0.15) is 0 Å². The van der Waals surface area contributed by atoms with E-state index in [4.69, 9.17) is 23.2 Å². The number of pyridine rings is 1. The molecular weight excluding hydrogens is 217 g/mol. The van der Waals surface area contributed by atoms with Crippen molar-refractivity contribution in [3.05, 3.63) is 52.8 Å². The van der Waals surface area contributed by atoms with Gasteiger partial charge in [0, 0.05) is 33.6 Å². The Bertz CT molecular complexity index is 440. The Morgan fingerprint density at radius 1 is 1.07 bits per heavy atom. The summed E-state index contributed by atoms with van der Waals surface area (Å²) < 4.78 is 0. The molecule has 0 atom stereocenters. The fourth-order valence-corrected chi connectivity index (χ4v) is 1.76. The maximum absolute atomic E-state index is 6.05. The Morgan fingerprint density at radius 3 is 2.57 bits per heavy atom. The van der Waals surface area contributed by atoms with Crippen molar-refractivity contribution in [3.8, 4) is 11.1 Å². The highest BCUT2D eigenvalue weighted by molar-refractivity contribution is 6.36. The van der Waals surface area contributed by atoms with Gasteiger partial charge < -0.3 is 0 Å². The van der Waals surface area contributed by atoms with Gasteiger partial charge in [-0.3, -0.25) is 4.98 Å². The van der Waals surface area contributed by atoms with Gasteiger partial charge in [-0.15, -0.1) is 0 Å². The van der Waals surface area contributed by atoms with Gasteiger partial charge in [-0.05, 0) is 18.2 Å². The second kappa shape index (κ2) is 3.99. The summed E-state index contributed by atoms with van der Waals surface area (Å²) in [7, 11) is 0. The first-order valence-corrected chi connectivity index (χ1v) is 4.88. The largest absolute Gasteiger partial charge is 0.264 e. The first-order chi connectivity index (χ1) is 6.77. The van der Waals surface area contributed by atoms with Crippen LogP contribution in [-0.2, 0) is 0 Å². The summed E-state index contributed by atoms with van der Waals surface area (Å²) >= 11 is 11.9. The predicted molar refractivity (Wildman–Crippen MR) is 59.7 cm³/mol. The molecule has 2 aromatic rings. The summed E-state index contributed by atoms with van der Waals surface area (Å²) in [5, 5.41) is 1.29. The molecule has 1 nitrogen and oxygen atoms in total. The average Bonchev–Trinajstić information content (AvgIpc) is 2.19. The summed E-state index contributed by atoms with van der Waals surface area (Å²) in [6.45, 7) is 0. The third kappa shape index (κ3) is 1.89. The van der Waals surface area contributed by atoms with Crippen LogP contribution in [0.2, 0.25) is 10.0 Å². The summed E-state index contributed by atoms with van der Waals surface area (Å²) in [5.41, 5.74) is 1.94. The van der Waals surface area contributed by atoms with E-state index in [1.807, 2.05) is 24.3 Å². The fraction of sp³-hybridized carbons (Fsp3) is 0. The minimum absolute atomic E-state index is 0.641. The SMILES string of the molecule is Clc1ccc(-c2cccnc2)c(Cl)c1. The topological polar surface area (TPSA) is 12.9 Å². The van der Waals surface area contributed by atoms with E-state index in [9.17, 15) is 0 Å². The molecule has 1 aromatic carbocycles. The molecule has 0 radical (unpaired) electrons. The summed E-state index contributed by atoms with van der Waals surface area (Å²) in [5.74, 6) is 0. The first-order valence-electron chi connectivity index (χ1n) is 4.13. The van der Waals surface area contributed by atoms with E-state index in [1.54, 1.807) is 18.5 Å². The quantitative estimate of drug-likeness (QED) is 0.711. The maximum Gasteiger partial charge on any atom is 0.0499 e. The summed E-state index contributed by atoms with van der Waals surface area (Å²) in [6.07, 6.45) is 3.50. The lowest BCUT2D eigenvalue weighted by Gasteiger charge is -2.03. The van der Waals surface area contributed by atoms with Crippen LogP contribution in [0.4, 0.5) is 0 Å². The number of hydrogen-bond acceptors (Lipinski definition) is 1. The van der Waals surface area contributed by atoms with Crippen LogP contribution in [0, 0.1) is 0 Å². The Kier molecular flexibility index (Phi) is 2.71. The standard InChI is InChI=1S/C11H7Cl2N/c12-9-3-4-10(11(13)6-9)8-2-1-5-14-7-8/h1-7H. The molecule has 0 N–H and O–H groups in total. The highest BCUT2D eigenvalue weighted by Gasteiger charge is 2.03. The van der Waals surface area contributed by atoms with Gasteiger partial charge in [-0.1, -0.05) is 35.3 Å². The zero-order valence-electron chi connectivity index (χ0n) is 7.24. The van der Waals surface area contributed by atoms with Gasteiger partial charge in [-0.25, -0.2) is 0 Å². The zero-order chi connectivity index (χ0) is 9.97. The van der Waals surface area contributed by atoms with E-state index in [0.29, 0.717) is 10.0 Å². The Balaban J connectivity index is 2.53. The molecule has 0 spiro atoms. The van der Waals surface area contributed by atoms with Gasteiger partial charge >= 0.3 is 0 Å². The van der Waals surface area contributed by atoms with Crippen LogP contribution >= 0.6 is 23.2 Å². The monoisotopic (exact) mass is 223 g/mol. The Labute approximate surface area is 92.3 Å². The lowest BCUT2D eigenvalue weighted by Crippen LogP contribution is -1.80. The fourth-order valence-electron chi connectivity index (χ4n) is 1.25. The van der Waals surface area contributed by atoms with Crippen molar-refractivity contribution in [2.75, 3.05) is 0 Å². The van der Waals surface area contributed by atoms with Crippen molar-refractivity contribution in [1.82, 2.24) is 4.98 Å². The molecule has 3 heteroatoms. The number of rotatable bonds is 1. The van der Waals surface area contributed by atoms with Gasteiger partial charge in [0.1, 0.15) is 0 Å². The van der Waals surface area contributed by atoms with Gasteiger partial charge in [0.05, 0.1) is 0 Å². The van der Waals surface area contributed by atoms with E-state index in [1.165, 1.54) is 0 Å². The molecule has 0 amide bonds. The molecule has 0 bridgehead atoms. The molecule has 1 heterocycles. The molecule has 0 saturated heterocycles. The van der Waals surface area contributed by atoms with Crippen LogP contribution in [-0.4, -0.2) is 4.98 Å². The molecule has 0 aliphatic heterocycles. The second-order valence-electron chi connectivity index (χ2n) is 2.87. The minimum atomic E-state index is 0.641. The molecule has 0 aliphatic rings. The van der Waals surface area contributed by atoms with Crippen LogP contribution in [0.3, 0.4) is 0 Å². The van der Waals surface area contributed by atoms with Crippen molar-refractivity contribution in [2.45, 2.75) is 0 Å². The number of benzene rings is 1. The molecule has 0 unspecified atom stereocenters. The molecular formula is C11H7Cl2N. The highest BCUT2D eigenvalue weighted by Crippen LogP contribution is 2.29. The molecule has 2 rings (SSSR count). The number of halogens is 2. The van der Waals surface area contributed by atoms with Crippen molar-refractivity contribution < 1.29 is 0 Å². The van der Waals surface area contributed by atoms with Gasteiger partial charge in [0.15, 0.2) is 0 Å². The van der Waals surface area contributed by atoms with E-state index < -0.39 is 0 Å². The van der Waals surface area contributed by atoms with Crippen molar-refractivity contribution in [3.63, 3.8) is 0 Å². The number of aromatic nitrogens is 1. The summed E-state index contributed by atoms with van der Waals surface area (Å²) in [6, 6.07) is 9.27. The van der Waals surface area contributed by atoms with E-state index in [0.717, 1.165) is 11.1 Å². The lowest BCUT2D eigenvalue weighted by atomic mass is 10.1. The van der Waals surface area contributed by atoms with E-state index in [2.05, 4.69) is 4.98 Å². The van der Waals surface area contributed by atoms with Gasteiger partial charge in [0.2, 0.25) is 0 Å². The Hall–Kier alpha value is -1.05. The third-order valence-electron chi connectivity index (χ3n) is 1.90. The van der Waals surface area contributed by atoms with Crippen LogP contribution in [0.5, 0.6) is 0 Å².